The number of aldehydes is 1. The van der Waals surface area contributed by atoms with Gasteiger partial charge >= 0.3 is 6.01 Å². The summed E-state index contributed by atoms with van der Waals surface area (Å²) in [6.07, 6.45) is 12.1. The fourth-order valence-corrected chi connectivity index (χ4v) is 11.9. The first-order chi connectivity index (χ1) is 35.3. The molecule has 0 bridgehead atoms. The Balaban J connectivity index is 0.000000181. The van der Waals surface area contributed by atoms with Crippen molar-refractivity contribution in [1.82, 2.24) is 40.3 Å². The van der Waals surface area contributed by atoms with Gasteiger partial charge in [0, 0.05) is 87.3 Å². The van der Waals surface area contributed by atoms with Crippen molar-refractivity contribution in [3.05, 3.63) is 77.0 Å². The zero-order valence-corrected chi connectivity index (χ0v) is 43.1. The van der Waals surface area contributed by atoms with Gasteiger partial charge < -0.3 is 34.8 Å². The molecule has 0 saturated carbocycles. The molecule has 3 aromatic carbocycles. The highest BCUT2D eigenvalue weighted by Gasteiger charge is 2.32. The van der Waals surface area contributed by atoms with Gasteiger partial charge in [-0.1, -0.05) is 19.9 Å². The van der Waals surface area contributed by atoms with E-state index in [-0.39, 0.29) is 46.6 Å². The summed E-state index contributed by atoms with van der Waals surface area (Å²) in [4.78, 5) is 60.5. The number of pyridine rings is 1. The van der Waals surface area contributed by atoms with Gasteiger partial charge in [-0.3, -0.25) is 29.6 Å². The summed E-state index contributed by atoms with van der Waals surface area (Å²) in [5, 5.41) is 18.3. The number of hydrogen-bond acceptors (Lipinski definition) is 14. The molecule has 10 rings (SSSR count). The number of imide groups is 1. The molecule has 3 atom stereocenters. The van der Waals surface area contributed by atoms with E-state index in [1.54, 1.807) is 12.3 Å². The first-order valence-electron chi connectivity index (χ1n) is 26.4. The number of nitrogens with one attached hydrogen (secondary N) is 2. The number of nitrogens with zero attached hydrogens (tertiary/aromatic N) is 8. The number of ether oxygens (including phenoxy) is 1. The molecule has 5 aliphatic rings. The van der Waals surface area contributed by atoms with Gasteiger partial charge in [-0.15, -0.1) is 0 Å². The summed E-state index contributed by atoms with van der Waals surface area (Å²) in [5.41, 5.74) is 3.57. The highest BCUT2D eigenvalue weighted by atomic mass is 19.1. The summed E-state index contributed by atoms with van der Waals surface area (Å²) >= 11 is 0. The Hall–Kier alpha value is -5.88. The van der Waals surface area contributed by atoms with Gasteiger partial charge in [-0.2, -0.15) is 9.97 Å². The lowest BCUT2D eigenvalue weighted by atomic mass is 9.94. The molecule has 1 unspecified atom stereocenters. The Labute approximate surface area is 427 Å². The van der Waals surface area contributed by atoms with E-state index in [2.05, 4.69) is 71.3 Å². The number of piperidine rings is 4. The van der Waals surface area contributed by atoms with Crippen LogP contribution in [-0.2, 0) is 22.6 Å². The SMILES string of the molecule is CCc1c(F)ccc2cc(O)cc(-c3ncc4c(N5CCC[C@H](C)C5)nc(OC)nc4c3F)c12.CN1CC[C@@H](NC2CCN(CC3CCN(c4ccc(C=O)c(CN(C)C5CCC(=O)NC5=O)c4)CC3)CC2)C1. The number of halogens is 2. The van der Waals surface area contributed by atoms with Gasteiger partial charge in [0.2, 0.25) is 11.8 Å². The minimum Gasteiger partial charge on any atom is -0.508 e. The normalized spacial score (nSPS) is 21.7. The third-order valence-electron chi connectivity index (χ3n) is 15.9. The van der Waals surface area contributed by atoms with E-state index >= 15 is 4.39 Å². The molecule has 15 nitrogen and oxygen atoms in total. The number of anilines is 2. The lowest BCUT2D eigenvalue weighted by Crippen LogP contribution is -2.51. The lowest BCUT2D eigenvalue weighted by molar-refractivity contribution is -0.137. The second-order valence-corrected chi connectivity index (χ2v) is 21.2. The molecule has 73 heavy (non-hydrogen) atoms. The molecule has 17 heteroatoms. The van der Waals surface area contributed by atoms with E-state index in [9.17, 15) is 23.9 Å². The molecule has 0 aliphatic carbocycles. The van der Waals surface area contributed by atoms with Crippen molar-refractivity contribution in [3.8, 4) is 23.0 Å². The van der Waals surface area contributed by atoms with Crippen molar-refractivity contribution in [1.29, 1.82) is 0 Å². The summed E-state index contributed by atoms with van der Waals surface area (Å²) in [5.74, 6) is 0.258. The van der Waals surface area contributed by atoms with Crippen LogP contribution < -0.4 is 25.2 Å². The second kappa shape index (κ2) is 23.1. The smallest absolute Gasteiger partial charge is 0.318 e. The lowest BCUT2D eigenvalue weighted by Gasteiger charge is -2.39. The Morgan fingerprint density at radius 3 is 2.40 bits per heavy atom. The minimum atomic E-state index is -0.664. The molecule has 5 fully saturated rings. The van der Waals surface area contributed by atoms with E-state index in [0.717, 1.165) is 62.5 Å². The summed E-state index contributed by atoms with van der Waals surface area (Å²) in [6, 6.07) is 13.0. The van der Waals surface area contributed by atoms with E-state index in [4.69, 9.17) is 4.74 Å². The maximum Gasteiger partial charge on any atom is 0.318 e. The number of carbonyl (C=O) groups is 3. The van der Waals surface area contributed by atoms with Crippen LogP contribution >= 0.6 is 0 Å². The van der Waals surface area contributed by atoms with Crippen LogP contribution in [0.1, 0.15) is 93.1 Å². The van der Waals surface area contributed by atoms with Gasteiger partial charge in [-0.05, 0) is 162 Å². The van der Waals surface area contributed by atoms with Crippen molar-refractivity contribution < 1.29 is 33.0 Å². The highest BCUT2D eigenvalue weighted by Crippen LogP contribution is 2.40. The Bertz CT molecular complexity index is 2800. The number of phenols is 1. The molecule has 7 heterocycles. The molecule has 390 valence electrons. The van der Waals surface area contributed by atoms with Crippen LogP contribution in [0, 0.1) is 23.5 Å². The monoisotopic (exact) mass is 1000 g/mol. The predicted octanol–water partition coefficient (Wildman–Crippen LogP) is 7.35. The number of aromatic nitrogens is 3. The van der Waals surface area contributed by atoms with Crippen molar-refractivity contribution in [2.75, 3.05) is 89.9 Å². The van der Waals surface area contributed by atoms with Gasteiger partial charge in [0.05, 0.1) is 18.5 Å². The number of likely N-dealkylation sites (N-methyl/N-ethyl adjacent to an activating group) is 2. The average molecular weight is 1000 g/mol. The molecule has 0 spiro atoms. The number of carbonyl (C=O) groups excluding carboxylic acids is 3. The molecule has 0 radical (unpaired) electrons. The van der Waals surface area contributed by atoms with Crippen LogP contribution in [0.25, 0.3) is 32.9 Å². The molecular weight excluding hydrogens is 931 g/mol. The van der Waals surface area contributed by atoms with Crippen molar-refractivity contribution in [3.63, 3.8) is 0 Å². The van der Waals surface area contributed by atoms with Crippen LogP contribution in [-0.4, -0.2) is 151 Å². The predicted molar refractivity (Wildman–Crippen MR) is 281 cm³/mol. The topological polar surface area (TPSA) is 160 Å². The maximum absolute atomic E-state index is 16.1. The quantitative estimate of drug-likeness (QED) is 0.0794. The molecule has 3 N–H and O–H groups in total. The molecule has 2 aromatic heterocycles. The van der Waals surface area contributed by atoms with Gasteiger partial charge in [-0.25, -0.2) is 8.78 Å². The van der Waals surface area contributed by atoms with Crippen LogP contribution in [0.15, 0.2) is 48.7 Å². The van der Waals surface area contributed by atoms with Crippen molar-refractivity contribution >= 4 is 51.3 Å². The highest BCUT2D eigenvalue weighted by molar-refractivity contribution is 6.02. The number of benzene rings is 3. The Kier molecular flexibility index (Phi) is 16.5. The third-order valence-corrected chi connectivity index (χ3v) is 15.9. The van der Waals surface area contributed by atoms with Gasteiger partial charge in [0.1, 0.15) is 34.9 Å². The number of hydrogen-bond donors (Lipinski definition) is 3. The number of fused-ring (bicyclic) bond motifs is 2. The zero-order valence-electron chi connectivity index (χ0n) is 43.1. The van der Waals surface area contributed by atoms with Crippen molar-refractivity contribution in [2.24, 2.45) is 11.8 Å². The third kappa shape index (κ3) is 11.9. The molecular formula is C56H72F2N10O5. The minimum absolute atomic E-state index is 0.00702. The number of methoxy groups -OCH3 is 1. The van der Waals surface area contributed by atoms with E-state index in [1.807, 2.05) is 24.9 Å². The van der Waals surface area contributed by atoms with Crippen LogP contribution in [0.4, 0.5) is 20.3 Å². The number of aromatic hydroxyl groups is 1. The number of aryl methyl sites for hydroxylation is 1. The summed E-state index contributed by atoms with van der Waals surface area (Å²) < 4.78 is 36.0. The van der Waals surface area contributed by atoms with E-state index < -0.39 is 5.82 Å². The fraction of sp³-hybridized carbons (Fsp3) is 0.536. The zero-order chi connectivity index (χ0) is 51.3. The summed E-state index contributed by atoms with van der Waals surface area (Å²) in [7, 11) is 5.55. The largest absolute Gasteiger partial charge is 0.508 e. The Morgan fingerprint density at radius 2 is 1.70 bits per heavy atom. The van der Waals surface area contributed by atoms with E-state index in [0.29, 0.717) is 82.5 Å². The molecule has 5 aromatic rings. The second-order valence-electron chi connectivity index (χ2n) is 21.2. The standard InChI is InChI=1S/C30H46N6O3.C26H26F2N4O2/c1-33-12-9-26(20-33)31-25-10-13-35(14-11-25)18-22-7-15-36(16-8-22)27-4-3-23(21-37)24(17-27)19-34(2)28-5-6-29(38)32-30(28)39;1-4-17-20(27)8-7-15-10-16(33)11-18(21(15)17)23-22(28)24-19(12-29-23)25(31-26(30-24)34-3)32-9-5-6-14(2)13-32/h3-4,17,21-22,25-26,28,31H,5-16,18-20H2,1-2H3,(H,32,38,39);7-8,10-12,14,33H,4-6,9,13H2,1-3H3/t26-,28?;14-/m10/s1. The van der Waals surface area contributed by atoms with Crippen LogP contribution in [0.3, 0.4) is 0 Å². The van der Waals surface area contributed by atoms with Gasteiger partial charge in [0.25, 0.3) is 0 Å². The molecule has 5 saturated heterocycles. The number of phenolic OH excluding ortho intramolecular Hbond substituents is 1. The Morgan fingerprint density at radius 1 is 0.918 bits per heavy atom. The van der Waals surface area contributed by atoms with E-state index in [1.165, 1.54) is 90.1 Å². The number of rotatable bonds is 13. The number of likely N-dealkylation sites (tertiary alicyclic amines) is 2. The first-order valence-corrected chi connectivity index (χ1v) is 26.4. The number of amides is 2. The van der Waals surface area contributed by atoms with Gasteiger partial charge in [0.15, 0.2) is 5.82 Å². The van der Waals surface area contributed by atoms with Crippen molar-refractivity contribution in [2.45, 2.75) is 103 Å². The fourth-order valence-electron chi connectivity index (χ4n) is 11.9. The summed E-state index contributed by atoms with van der Waals surface area (Å²) in [6.45, 7) is 14.2. The van der Waals surface area contributed by atoms with Crippen LogP contribution in [0.2, 0.25) is 0 Å². The maximum atomic E-state index is 16.1. The van der Waals surface area contributed by atoms with Crippen LogP contribution in [0.5, 0.6) is 11.8 Å². The molecule has 5 aliphatic heterocycles. The first kappa shape index (κ1) is 52.0. The average Bonchev–Trinajstić information content (AvgIpc) is 3.80. The molecule has 2 amide bonds.